The molecule has 3 rings (SSSR count). The summed E-state index contributed by atoms with van der Waals surface area (Å²) in [7, 11) is 2.63. The maximum Gasteiger partial charge on any atom is 0.119 e. The summed E-state index contributed by atoms with van der Waals surface area (Å²) in [6.07, 6.45) is 0. The molecule has 0 fully saturated rings. The number of aliphatic hydroxyl groups excluding tert-OH is 2. The second kappa shape index (κ2) is 11.1. The molecule has 0 spiro atoms. The first-order valence-corrected chi connectivity index (χ1v) is 8.14. The van der Waals surface area contributed by atoms with Crippen molar-refractivity contribution in [3.63, 3.8) is 0 Å². The molecule has 5 nitrogen and oxygen atoms in total. The highest BCUT2D eigenvalue weighted by atomic mass is 35.5. The molecule has 138 valence electrons. The van der Waals surface area contributed by atoms with Gasteiger partial charge in [-0.05, 0) is 42.5 Å². The van der Waals surface area contributed by atoms with Crippen LogP contribution in [0.1, 0.15) is 5.69 Å². The minimum Gasteiger partial charge on any atom is -0.497 e. The van der Waals surface area contributed by atoms with Crippen LogP contribution in [-0.4, -0.2) is 34.2 Å². The van der Waals surface area contributed by atoms with E-state index in [4.69, 9.17) is 21.4 Å². The first kappa shape index (κ1) is 21.4. The van der Waals surface area contributed by atoms with Gasteiger partial charge < -0.3 is 14.9 Å². The van der Waals surface area contributed by atoms with E-state index < -0.39 is 0 Å². The average Bonchev–Trinajstić information content (AvgIpc) is 3.16. The maximum absolute atomic E-state index is 9.38. The van der Waals surface area contributed by atoms with E-state index in [1.165, 1.54) is 0 Å². The first-order chi connectivity index (χ1) is 12.7. The number of nitrogens with zero attached hydrogens (tertiary/aromatic N) is 2. The van der Waals surface area contributed by atoms with Crippen LogP contribution in [0.4, 0.5) is 0 Å². The first-order valence-electron chi connectivity index (χ1n) is 7.76. The zero-order valence-electron chi connectivity index (χ0n) is 14.9. The summed E-state index contributed by atoms with van der Waals surface area (Å²) in [5.41, 5.74) is 3.38. The average molecular weight is 375 g/mol. The third-order valence-corrected chi connectivity index (χ3v) is 3.63. The van der Waals surface area contributed by atoms with Gasteiger partial charge in [0.25, 0.3) is 0 Å². The molecule has 0 aliphatic carbocycles. The summed E-state index contributed by atoms with van der Waals surface area (Å²) in [5, 5.41) is 21.5. The lowest BCUT2D eigenvalue weighted by Gasteiger charge is -2.08. The van der Waals surface area contributed by atoms with Crippen LogP contribution in [0.2, 0.25) is 5.02 Å². The van der Waals surface area contributed by atoms with Crippen molar-refractivity contribution >= 4 is 11.6 Å². The summed E-state index contributed by atoms with van der Waals surface area (Å²) >= 11 is 5.95. The van der Waals surface area contributed by atoms with Crippen molar-refractivity contribution in [3.8, 4) is 22.7 Å². The van der Waals surface area contributed by atoms with Crippen molar-refractivity contribution in [2.24, 2.45) is 0 Å². The van der Waals surface area contributed by atoms with Gasteiger partial charge in [0.15, 0.2) is 0 Å². The number of aliphatic hydroxyl groups is 2. The fourth-order valence-electron chi connectivity index (χ4n) is 2.25. The van der Waals surface area contributed by atoms with Gasteiger partial charge in [-0.25, -0.2) is 4.68 Å². The predicted molar refractivity (Wildman–Crippen MR) is 106 cm³/mol. The standard InChI is InChI=1S/C17H15ClN2O2.C2H4.CH4O/c1-22-16-8-6-15(7-9-16)20-17(10-14(11-21)19-20)12-2-4-13(18)5-3-12;2*1-2/h2-10,21H,11H2,1H3;1-2H2;2H,1H3. The molecule has 0 unspecified atom stereocenters. The van der Waals surface area contributed by atoms with Gasteiger partial charge in [0.05, 0.1) is 30.8 Å². The molecular weight excluding hydrogens is 352 g/mol. The van der Waals surface area contributed by atoms with Gasteiger partial charge >= 0.3 is 0 Å². The molecule has 0 saturated carbocycles. The van der Waals surface area contributed by atoms with E-state index in [-0.39, 0.29) is 6.61 Å². The SMILES string of the molecule is C=C.CO.COc1ccc(-n2nc(CO)cc2-c2ccc(Cl)cc2)cc1. The minimum absolute atomic E-state index is 0.107. The summed E-state index contributed by atoms with van der Waals surface area (Å²) in [6, 6.07) is 17.0. The third kappa shape index (κ3) is 5.20. The van der Waals surface area contributed by atoms with E-state index in [0.717, 1.165) is 29.8 Å². The summed E-state index contributed by atoms with van der Waals surface area (Å²) in [6.45, 7) is 5.89. The molecule has 0 radical (unpaired) electrons. The van der Waals surface area contributed by atoms with Crippen LogP contribution in [0.5, 0.6) is 5.75 Å². The van der Waals surface area contributed by atoms with E-state index in [1.807, 2.05) is 54.6 Å². The number of hydrogen-bond donors (Lipinski definition) is 2. The van der Waals surface area contributed by atoms with Crippen molar-refractivity contribution in [2.75, 3.05) is 14.2 Å². The Morgan fingerprint density at radius 3 is 2.12 bits per heavy atom. The Labute approximate surface area is 158 Å². The largest absolute Gasteiger partial charge is 0.497 e. The van der Waals surface area contributed by atoms with Crippen molar-refractivity contribution in [1.29, 1.82) is 0 Å². The molecule has 3 aromatic rings. The molecule has 26 heavy (non-hydrogen) atoms. The van der Waals surface area contributed by atoms with Crippen molar-refractivity contribution in [3.05, 3.63) is 78.5 Å². The Morgan fingerprint density at radius 1 is 1.04 bits per heavy atom. The highest BCUT2D eigenvalue weighted by Gasteiger charge is 2.11. The van der Waals surface area contributed by atoms with Crippen molar-refractivity contribution in [2.45, 2.75) is 6.61 Å². The Kier molecular flexibility index (Phi) is 9.15. The fourth-order valence-corrected chi connectivity index (χ4v) is 2.38. The Morgan fingerprint density at radius 2 is 1.62 bits per heavy atom. The zero-order valence-corrected chi connectivity index (χ0v) is 15.6. The molecule has 0 amide bonds. The lowest BCUT2D eigenvalue weighted by Crippen LogP contribution is -1.99. The fraction of sp³-hybridized carbons (Fsp3) is 0.150. The third-order valence-electron chi connectivity index (χ3n) is 3.38. The molecule has 6 heteroatoms. The molecular formula is C20H23ClN2O3. The number of benzene rings is 2. The highest BCUT2D eigenvalue weighted by Crippen LogP contribution is 2.26. The number of hydrogen-bond acceptors (Lipinski definition) is 4. The number of ether oxygens (including phenoxy) is 1. The second-order valence-electron chi connectivity index (χ2n) is 4.80. The molecule has 2 N–H and O–H groups in total. The molecule has 2 aromatic carbocycles. The smallest absolute Gasteiger partial charge is 0.119 e. The Hall–Kier alpha value is -2.60. The molecule has 1 aromatic heterocycles. The summed E-state index contributed by atoms with van der Waals surface area (Å²) in [4.78, 5) is 0. The van der Waals surface area contributed by atoms with Gasteiger partial charge in [0, 0.05) is 17.7 Å². The quantitative estimate of drug-likeness (QED) is 0.674. The van der Waals surface area contributed by atoms with E-state index in [2.05, 4.69) is 18.3 Å². The molecule has 1 heterocycles. The highest BCUT2D eigenvalue weighted by molar-refractivity contribution is 6.30. The zero-order chi connectivity index (χ0) is 19.5. The van der Waals surface area contributed by atoms with E-state index in [0.29, 0.717) is 10.7 Å². The molecule has 0 aliphatic rings. The normalized spacial score (nSPS) is 9.42. The lowest BCUT2D eigenvalue weighted by atomic mass is 10.1. The number of methoxy groups -OCH3 is 1. The van der Waals surface area contributed by atoms with Gasteiger partial charge in [-0.2, -0.15) is 5.10 Å². The molecule has 0 saturated heterocycles. The van der Waals surface area contributed by atoms with Crippen LogP contribution in [0, 0.1) is 0 Å². The van der Waals surface area contributed by atoms with Crippen LogP contribution in [0.15, 0.2) is 67.8 Å². The van der Waals surface area contributed by atoms with E-state index >= 15 is 0 Å². The van der Waals surface area contributed by atoms with Gasteiger partial charge in [-0.15, -0.1) is 13.2 Å². The minimum atomic E-state index is -0.107. The second-order valence-corrected chi connectivity index (χ2v) is 5.23. The number of aromatic nitrogens is 2. The van der Waals surface area contributed by atoms with Crippen LogP contribution >= 0.6 is 11.6 Å². The number of halogens is 1. The van der Waals surface area contributed by atoms with Crippen LogP contribution < -0.4 is 4.74 Å². The molecule has 0 bridgehead atoms. The van der Waals surface area contributed by atoms with E-state index in [1.54, 1.807) is 11.8 Å². The lowest BCUT2D eigenvalue weighted by molar-refractivity contribution is 0.276. The number of rotatable bonds is 4. The van der Waals surface area contributed by atoms with Gasteiger partial charge in [0.2, 0.25) is 0 Å². The van der Waals surface area contributed by atoms with Gasteiger partial charge in [-0.1, -0.05) is 23.7 Å². The Bertz CT molecular complexity index is 784. The van der Waals surface area contributed by atoms with Crippen LogP contribution in [-0.2, 0) is 6.61 Å². The van der Waals surface area contributed by atoms with Crippen molar-refractivity contribution < 1.29 is 14.9 Å². The van der Waals surface area contributed by atoms with Crippen molar-refractivity contribution in [1.82, 2.24) is 9.78 Å². The van der Waals surface area contributed by atoms with Crippen LogP contribution in [0.3, 0.4) is 0 Å². The maximum atomic E-state index is 9.38. The Balaban J connectivity index is 0.000000791. The molecule has 0 aliphatic heterocycles. The van der Waals surface area contributed by atoms with E-state index in [9.17, 15) is 5.11 Å². The summed E-state index contributed by atoms with van der Waals surface area (Å²) in [5.74, 6) is 0.784. The van der Waals surface area contributed by atoms with Gasteiger partial charge in [0.1, 0.15) is 5.75 Å². The van der Waals surface area contributed by atoms with Gasteiger partial charge in [-0.3, -0.25) is 0 Å². The topological polar surface area (TPSA) is 67.5 Å². The monoisotopic (exact) mass is 374 g/mol. The molecule has 0 atom stereocenters. The predicted octanol–water partition coefficient (Wildman–Crippen LogP) is 4.10. The van der Waals surface area contributed by atoms with Crippen LogP contribution in [0.25, 0.3) is 16.9 Å². The summed E-state index contributed by atoms with van der Waals surface area (Å²) < 4.78 is 6.97.